The van der Waals surface area contributed by atoms with Gasteiger partial charge in [-0.05, 0) is 6.42 Å². The first kappa shape index (κ1) is 14.7. The van der Waals surface area contributed by atoms with Gasteiger partial charge in [0.2, 0.25) is 17.8 Å². The number of nitrogens with one attached hydrogen (secondary N) is 2. The van der Waals surface area contributed by atoms with Gasteiger partial charge in [-0.3, -0.25) is 29.3 Å². The number of carbonyl (C=O) groups excluding carboxylic acids is 2. The van der Waals surface area contributed by atoms with Crippen molar-refractivity contribution in [3.8, 4) is 0 Å². The third-order valence-corrected chi connectivity index (χ3v) is 4.98. The van der Waals surface area contributed by atoms with Crippen molar-refractivity contribution in [2.45, 2.75) is 12.8 Å². The van der Waals surface area contributed by atoms with E-state index in [1.807, 2.05) is 4.90 Å². The molecule has 10 nitrogen and oxygen atoms in total. The first-order valence-corrected chi connectivity index (χ1v) is 7.57. The zero-order chi connectivity index (χ0) is 17.2. The van der Waals surface area contributed by atoms with E-state index in [-0.39, 0.29) is 23.9 Å². The van der Waals surface area contributed by atoms with E-state index in [1.54, 1.807) is 11.6 Å². The van der Waals surface area contributed by atoms with Gasteiger partial charge in [-0.2, -0.15) is 4.98 Å². The van der Waals surface area contributed by atoms with Gasteiger partial charge < -0.3 is 9.47 Å². The second-order valence-electron chi connectivity index (χ2n) is 6.47. The largest absolute Gasteiger partial charge is 0.341 e. The molecular weight excluding hydrogens is 316 g/mol. The molecule has 2 aromatic heterocycles. The van der Waals surface area contributed by atoms with Gasteiger partial charge in [0, 0.05) is 33.6 Å². The lowest BCUT2D eigenvalue weighted by molar-refractivity contribution is -0.127. The third kappa shape index (κ3) is 1.79. The average Bonchev–Trinajstić information content (AvgIpc) is 3.15. The molecule has 0 bridgehead atoms. The smallest absolute Gasteiger partial charge is 0.329 e. The normalized spacial score (nSPS) is 23.7. The second-order valence-corrected chi connectivity index (χ2v) is 6.47. The minimum atomic E-state index is -0.729. The van der Waals surface area contributed by atoms with Crippen molar-refractivity contribution < 1.29 is 9.59 Å². The van der Waals surface area contributed by atoms with E-state index in [1.165, 1.54) is 11.6 Å². The molecule has 10 heteroatoms. The summed E-state index contributed by atoms with van der Waals surface area (Å²) in [6, 6.07) is 0. The minimum absolute atomic E-state index is 0.172. The molecule has 2 amide bonds. The van der Waals surface area contributed by atoms with Crippen LogP contribution in [0.2, 0.25) is 0 Å². The fraction of sp³-hybridized carbons (Fsp3) is 0.500. The van der Waals surface area contributed by atoms with E-state index in [9.17, 15) is 19.2 Å². The number of aromatic amines is 1. The van der Waals surface area contributed by atoms with Crippen LogP contribution in [0.1, 0.15) is 12.8 Å². The Bertz CT molecular complexity index is 1010. The van der Waals surface area contributed by atoms with Crippen molar-refractivity contribution in [2.75, 3.05) is 18.0 Å². The molecule has 0 unspecified atom stereocenters. The quantitative estimate of drug-likeness (QED) is 0.594. The number of anilines is 1. The second kappa shape index (κ2) is 4.56. The highest BCUT2D eigenvalue weighted by Gasteiger charge is 2.51. The standard InChI is InChI=1S/C14H16N6O4/c1-18-8-9(19(2)13(24)17-10(8)22)16-12(18)20-4-3-14(6-20)5-7(21)15-11(14)23/h3-6H2,1-2H3,(H,15,21,23)(H,17,22,24)/t14-/m1/s1. The number of rotatable bonds is 1. The number of aromatic nitrogens is 4. The summed E-state index contributed by atoms with van der Waals surface area (Å²) in [7, 11) is 3.22. The lowest BCUT2D eigenvalue weighted by atomic mass is 9.85. The molecule has 2 saturated heterocycles. The number of fused-ring (bicyclic) bond motifs is 1. The molecule has 1 atom stereocenters. The van der Waals surface area contributed by atoms with Crippen LogP contribution in [0.15, 0.2) is 9.59 Å². The summed E-state index contributed by atoms with van der Waals surface area (Å²) < 4.78 is 2.89. The van der Waals surface area contributed by atoms with Crippen molar-refractivity contribution in [2.24, 2.45) is 19.5 Å². The predicted molar refractivity (Wildman–Crippen MR) is 83.6 cm³/mol. The molecule has 2 aliphatic rings. The summed E-state index contributed by atoms with van der Waals surface area (Å²) >= 11 is 0. The van der Waals surface area contributed by atoms with Crippen molar-refractivity contribution in [3.63, 3.8) is 0 Å². The van der Waals surface area contributed by atoms with E-state index in [0.29, 0.717) is 31.0 Å². The van der Waals surface area contributed by atoms with Crippen LogP contribution in [0.4, 0.5) is 5.95 Å². The molecule has 0 aliphatic carbocycles. The SMILES string of the molecule is Cn1c(N2CC[C@@]3(CC(=O)NC3=O)C2)nc2c1c(=O)[nH]c(=O)n2C. The first-order chi connectivity index (χ1) is 11.3. The summed E-state index contributed by atoms with van der Waals surface area (Å²) in [5.41, 5.74) is -1.19. The van der Waals surface area contributed by atoms with E-state index in [0.717, 1.165) is 0 Å². The van der Waals surface area contributed by atoms with Gasteiger partial charge in [0.15, 0.2) is 11.2 Å². The van der Waals surface area contributed by atoms with Gasteiger partial charge in [-0.25, -0.2) is 4.79 Å². The molecule has 2 aliphatic heterocycles. The highest BCUT2D eigenvalue weighted by atomic mass is 16.2. The predicted octanol–water partition coefficient (Wildman–Crippen LogP) is -1.80. The molecule has 24 heavy (non-hydrogen) atoms. The summed E-state index contributed by atoms with van der Waals surface area (Å²) in [5.74, 6) is -0.00886. The molecule has 0 radical (unpaired) electrons. The average molecular weight is 332 g/mol. The van der Waals surface area contributed by atoms with Crippen LogP contribution < -0.4 is 21.5 Å². The fourth-order valence-corrected chi connectivity index (χ4v) is 3.64. The molecule has 126 valence electrons. The van der Waals surface area contributed by atoms with E-state index in [4.69, 9.17) is 0 Å². The molecule has 1 spiro atoms. The lowest BCUT2D eigenvalue weighted by Crippen LogP contribution is -2.35. The number of hydrogen-bond donors (Lipinski definition) is 2. The monoisotopic (exact) mass is 332 g/mol. The molecule has 4 rings (SSSR count). The Morgan fingerprint density at radius 3 is 2.54 bits per heavy atom. The van der Waals surface area contributed by atoms with Gasteiger partial charge in [0.05, 0.1) is 5.41 Å². The molecule has 2 aromatic rings. The summed E-state index contributed by atoms with van der Waals surface area (Å²) in [5, 5.41) is 2.36. The Labute approximate surface area is 135 Å². The number of carbonyl (C=O) groups is 2. The zero-order valence-electron chi connectivity index (χ0n) is 13.3. The number of nitrogens with zero attached hydrogens (tertiary/aromatic N) is 4. The number of H-pyrrole nitrogens is 1. The van der Waals surface area contributed by atoms with Crippen LogP contribution in [0.25, 0.3) is 11.2 Å². The number of imidazole rings is 1. The van der Waals surface area contributed by atoms with Crippen molar-refractivity contribution in [1.29, 1.82) is 0 Å². The third-order valence-electron chi connectivity index (χ3n) is 4.98. The summed E-state index contributed by atoms with van der Waals surface area (Å²) in [6.45, 7) is 0.900. The lowest BCUT2D eigenvalue weighted by Gasteiger charge is -2.20. The maximum atomic E-state index is 12.1. The Morgan fingerprint density at radius 1 is 1.12 bits per heavy atom. The van der Waals surface area contributed by atoms with Gasteiger partial charge in [-0.1, -0.05) is 0 Å². The van der Waals surface area contributed by atoms with Gasteiger partial charge in [0.25, 0.3) is 5.56 Å². The van der Waals surface area contributed by atoms with E-state index < -0.39 is 16.7 Å². The number of amides is 2. The minimum Gasteiger partial charge on any atom is -0.341 e. The fourth-order valence-electron chi connectivity index (χ4n) is 3.64. The summed E-state index contributed by atoms with van der Waals surface area (Å²) in [6.07, 6.45) is 0.717. The van der Waals surface area contributed by atoms with E-state index in [2.05, 4.69) is 15.3 Å². The van der Waals surface area contributed by atoms with Crippen LogP contribution in [0, 0.1) is 5.41 Å². The number of imide groups is 1. The molecular formula is C14H16N6O4. The molecule has 4 heterocycles. The molecule has 2 N–H and O–H groups in total. The Kier molecular flexibility index (Phi) is 2.78. The van der Waals surface area contributed by atoms with Crippen LogP contribution in [-0.4, -0.2) is 44.0 Å². The van der Waals surface area contributed by atoms with Gasteiger partial charge in [-0.15, -0.1) is 0 Å². The van der Waals surface area contributed by atoms with Crippen molar-refractivity contribution in [3.05, 3.63) is 20.8 Å². The van der Waals surface area contributed by atoms with Crippen LogP contribution >= 0.6 is 0 Å². The summed E-state index contributed by atoms with van der Waals surface area (Å²) in [4.78, 5) is 56.0. The van der Waals surface area contributed by atoms with Gasteiger partial charge >= 0.3 is 5.69 Å². The Balaban J connectivity index is 1.80. The number of aryl methyl sites for hydroxylation is 2. The van der Waals surface area contributed by atoms with Crippen LogP contribution in [0.3, 0.4) is 0 Å². The van der Waals surface area contributed by atoms with Crippen LogP contribution in [-0.2, 0) is 23.7 Å². The first-order valence-electron chi connectivity index (χ1n) is 7.57. The van der Waals surface area contributed by atoms with Gasteiger partial charge in [0.1, 0.15) is 0 Å². The molecule has 0 aromatic carbocycles. The van der Waals surface area contributed by atoms with Crippen molar-refractivity contribution >= 4 is 28.9 Å². The maximum Gasteiger partial charge on any atom is 0.329 e. The topological polar surface area (TPSA) is 122 Å². The molecule has 0 saturated carbocycles. The zero-order valence-corrected chi connectivity index (χ0v) is 13.3. The van der Waals surface area contributed by atoms with Crippen LogP contribution in [0.5, 0.6) is 0 Å². The maximum absolute atomic E-state index is 12.1. The Hall–Kier alpha value is -2.91. The highest BCUT2D eigenvalue weighted by molar-refractivity contribution is 6.06. The van der Waals surface area contributed by atoms with E-state index >= 15 is 0 Å². The van der Waals surface area contributed by atoms with Crippen molar-refractivity contribution in [1.82, 2.24) is 24.4 Å². The Morgan fingerprint density at radius 2 is 1.88 bits per heavy atom. The molecule has 2 fully saturated rings. The number of hydrogen-bond acceptors (Lipinski definition) is 6. The highest BCUT2D eigenvalue weighted by Crippen LogP contribution is 2.39.